The Morgan fingerprint density at radius 1 is 1.16 bits per heavy atom. The molecule has 1 aromatic carbocycles. The van der Waals surface area contributed by atoms with Gasteiger partial charge in [0.05, 0.1) is 16.5 Å². The number of aryl methyl sites for hydroxylation is 3. The predicted octanol–water partition coefficient (Wildman–Crippen LogP) is 2.89. The zero-order chi connectivity index (χ0) is 17.2. The molecule has 2 N–H and O–H groups in total. The molecule has 0 radical (unpaired) electrons. The molecule has 3 heterocycles. The van der Waals surface area contributed by atoms with Gasteiger partial charge in [0, 0.05) is 5.69 Å². The van der Waals surface area contributed by atoms with Crippen molar-refractivity contribution in [3.8, 4) is 11.8 Å². The molecule has 3 aromatic rings. The highest BCUT2D eigenvalue weighted by molar-refractivity contribution is 5.63. The highest BCUT2D eigenvalue weighted by atomic mass is 16.5. The molecule has 1 aliphatic heterocycles. The van der Waals surface area contributed by atoms with E-state index >= 15 is 0 Å². The summed E-state index contributed by atoms with van der Waals surface area (Å²) in [7, 11) is 0. The van der Waals surface area contributed by atoms with Gasteiger partial charge in [0.2, 0.25) is 11.8 Å². The minimum atomic E-state index is -0.566. The Bertz CT molecular complexity index is 1070. The molecule has 1 unspecified atom stereocenters. The van der Waals surface area contributed by atoms with Gasteiger partial charge in [-0.3, -0.25) is 9.89 Å². The molecule has 0 amide bonds. The van der Waals surface area contributed by atoms with Crippen molar-refractivity contribution in [2.75, 3.05) is 0 Å². The quantitative estimate of drug-likeness (QED) is 0.662. The van der Waals surface area contributed by atoms with Crippen LogP contribution >= 0.6 is 0 Å². The van der Waals surface area contributed by atoms with Crippen LogP contribution in [0.3, 0.4) is 0 Å². The lowest BCUT2D eigenvalue weighted by Crippen LogP contribution is -2.41. The number of hydrogen-bond donors (Lipinski definition) is 2. The second-order valence-corrected chi connectivity index (χ2v) is 6.88. The molecule has 2 aliphatic rings. The van der Waals surface area contributed by atoms with Gasteiger partial charge in [-0.05, 0) is 44.2 Å². The van der Waals surface area contributed by atoms with Crippen LogP contribution in [0.5, 0.6) is 11.8 Å². The summed E-state index contributed by atoms with van der Waals surface area (Å²) in [5.41, 5.74) is 4.22. The van der Waals surface area contributed by atoms with Gasteiger partial charge in [0.1, 0.15) is 5.82 Å². The number of aromatic nitrogens is 4. The fraction of sp³-hybridized carbons (Fsp3) is 0.316. The first-order valence-electron chi connectivity index (χ1n) is 8.54. The zero-order valence-electron chi connectivity index (χ0n) is 14.1. The number of aromatic amines is 2. The third kappa shape index (κ3) is 1.76. The fourth-order valence-electron chi connectivity index (χ4n) is 4.56. The van der Waals surface area contributed by atoms with Gasteiger partial charge in [-0.25, -0.2) is 0 Å². The molecule has 25 heavy (non-hydrogen) atoms. The first-order valence-corrected chi connectivity index (χ1v) is 8.54. The van der Waals surface area contributed by atoms with Crippen LogP contribution < -0.4 is 10.3 Å². The SMILES string of the molecule is Cc1nc2c(c(=O)[nH]1)C1(CCCc3ccccc31)c1c(n[nH]c1C)O2. The number of nitrogens with one attached hydrogen (secondary N) is 2. The molecule has 6 heteroatoms. The molecule has 0 saturated heterocycles. The Labute approximate surface area is 144 Å². The smallest absolute Gasteiger partial charge is 0.259 e. The van der Waals surface area contributed by atoms with Crippen molar-refractivity contribution < 1.29 is 4.74 Å². The summed E-state index contributed by atoms with van der Waals surface area (Å²) in [6, 6.07) is 8.36. The van der Waals surface area contributed by atoms with Crippen LogP contribution in [0.4, 0.5) is 0 Å². The molecular weight excluding hydrogens is 316 g/mol. The van der Waals surface area contributed by atoms with Gasteiger partial charge < -0.3 is 9.72 Å². The van der Waals surface area contributed by atoms with E-state index in [4.69, 9.17) is 4.74 Å². The van der Waals surface area contributed by atoms with Crippen LogP contribution in [0, 0.1) is 13.8 Å². The highest BCUT2D eigenvalue weighted by Gasteiger charge is 2.50. The van der Waals surface area contributed by atoms with E-state index in [1.165, 1.54) is 5.56 Å². The van der Waals surface area contributed by atoms with Crippen LogP contribution in [0.25, 0.3) is 0 Å². The maximum atomic E-state index is 13.0. The number of ether oxygens (including phenoxy) is 1. The van der Waals surface area contributed by atoms with Crippen molar-refractivity contribution in [1.29, 1.82) is 0 Å². The molecule has 2 aromatic heterocycles. The average Bonchev–Trinajstić information content (AvgIpc) is 2.96. The number of rotatable bonds is 0. The van der Waals surface area contributed by atoms with Gasteiger partial charge in [-0.15, -0.1) is 5.10 Å². The van der Waals surface area contributed by atoms with Gasteiger partial charge >= 0.3 is 0 Å². The standard InChI is InChI=1S/C19H18N4O2/c1-10-14-18(23-22-10)25-17-15(16(24)20-11(2)21-17)19(14)9-5-7-12-6-3-4-8-13(12)19/h3-4,6,8H,5,7,9H2,1-2H3,(H,22,23)(H,20,21,24). The van der Waals surface area contributed by atoms with E-state index in [1.54, 1.807) is 6.92 Å². The topological polar surface area (TPSA) is 83.7 Å². The molecule has 0 bridgehead atoms. The van der Waals surface area contributed by atoms with E-state index < -0.39 is 5.41 Å². The number of nitrogens with zero attached hydrogens (tertiary/aromatic N) is 2. The number of hydrogen-bond acceptors (Lipinski definition) is 4. The van der Waals surface area contributed by atoms with Crippen LogP contribution in [0.15, 0.2) is 29.1 Å². The minimum absolute atomic E-state index is 0.134. The van der Waals surface area contributed by atoms with Gasteiger partial charge in [0.25, 0.3) is 5.56 Å². The first-order chi connectivity index (χ1) is 12.1. The molecule has 1 aliphatic carbocycles. The third-order valence-corrected chi connectivity index (χ3v) is 5.44. The van der Waals surface area contributed by atoms with E-state index in [-0.39, 0.29) is 5.56 Å². The monoisotopic (exact) mass is 334 g/mol. The summed E-state index contributed by atoms with van der Waals surface area (Å²) in [5, 5.41) is 7.37. The Balaban J connectivity index is 1.96. The van der Waals surface area contributed by atoms with Crippen molar-refractivity contribution in [3.05, 3.63) is 68.4 Å². The van der Waals surface area contributed by atoms with Crippen LogP contribution in [-0.2, 0) is 11.8 Å². The van der Waals surface area contributed by atoms with E-state index in [0.717, 1.165) is 36.1 Å². The summed E-state index contributed by atoms with van der Waals surface area (Å²) in [6.45, 7) is 3.74. The van der Waals surface area contributed by atoms with Crippen molar-refractivity contribution in [1.82, 2.24) is 20.2 Å². The molecule has 0 fully saturated rings. The lowest BCUT2D eigenvalue weighted by molar-refractivity contribution is 0.363. The molecular formula is C19H18N4O2. The van der Waals surface area contributed by atoms with Crippen molar-refractivity contribution in [3.63, 3.8) is 0 Å². The Hall–Kier alpha value is -2.89. The number of H-pyrrole nitrogens is 2. The molecule has 5 rings (SSSR count). The third-order valence-electron chi connectivity index (χ3n) is 5.44. The van der Waals surface area contributed by atoms with Gasteiger partial charge in [0.15, 0.2) is 0 Å². The average molecular weight is 334 g/mol. The highest BCUT2D eigenvalue weighted by Crippen LogP contribution is 2.55. The maximum Gasteiger partial charge on any atom is 0.259 e. The lowest BCUT2D eigenvalue weighted by Gasteiger charge is -2.41. The summed E-state index contributed by atoms with van der Waals surface area (Å²) in [4.78, 5) is 20.3. The largest absolute Gasteiger partial charge is 0.418 e. The second kappa shape index (κ2) is 4.81. The van der Waals surface area contributed by atoms with E-state index in [1.807, 2.05) is 13.0 Å². The molecule has 1 atom stereocenters. The first kappa shape index (κ1) is 14.5. The molecule has 6 nitrogen and oxygen atoms in total. The normalized spacial score (nSPS) is 20.6. The Kier molecular flexibility index (Phi) is 2.78. The second-order valence-electron chi connectivity index (χ2n) is 6.88. The summed E-state index contributed by atoms with van der Waals surface area (Å²) in [6.07, 6.45) is 2.84. The van der Waals surface area contributed by atoms with Crippen molar-refractivity contribution in [2.24, 2.45) is 0 Å². The Morgan fingerprint density at radius 3 is 2.88 bits per heavy atom. The van der Waals surface area contributed by atoms with E-state index in [0.29, 0.717) is 23.1 Å². The van der Waals surface area contributed by atoms with Crippen LogP contribution in [-0.4, -0.2) is 20.2 Å². The zero-order valence-corrected chi connectivity index (χ0v) is 14.1. The van der Waals surface area contributed by atoms with E-state index in [9.17, 15) is 4.79 Å². The van der Waals surface area contributed by atoms with Crippen LogP contribution in [0.1, 0.15) is 46.6 Å². The number of fused-ring (bicyclic) bond motifs is 6. The van der Waals surface area contributed by atoms with Gasteiger partial charge in [-0.2, -0.15) is 4.98 Å². The van der Waals surface area contributed by atoms with Gasteiger partial charge in [-0.1, -0.05) is 24.3 Å². The lowest BCUT2D eigenvalue weighted by atomic mass is 9.62. The summed E-state index contributed by atoms with van der Waals surface area (Å²) in [5.74, 6) is 1.44. The summed E-state index contributed by atoms with van der Waals surface area (Å²) >= 11 is 0. The summed E-state index contributed by atoms with van der Waals surface area (Å²) < 4.78 is 5.93. The Morgan fingerprint density at radius 2 is 2.00 bits per heavy atom. The predicted molar refractivity (Wildman–Crippen MR) is 92.3 cm³/mol. The van der Waals surface area contributed by atoms with Crippen molar-refractivity contribution >= 4 is 0 Å². The number of benzene rings is 1. The molecule has 0 saturated carbocycles. The van der Waals surface area contributed by atoms with E-state index in [2.05, 4.69) is 38.4 Å². The fourth-order valence-corrected chi connectivity index (χ4v) is 4.56. The molecule has 126 valence electrons. The van der Waals surface area contributed by atoms with Crippen molar-refractivity contribution in [2.45, 2.75) is 38.5 Å². The molecule has 1 spiro atoms. The minimum Gasteiger partial charge on any atom is -0.418 e. The van der Waals surface area contributed by atoms with Crippen LogP contribution in [0.2, 0.25) is 0 Å². The maximum absolute atomic E-state index is 13.0.